The molecule has 9 heteroatoms. The van der Waals surface area contributed by atoms with E-state index in [1.165, 1.54) is 22.7 Å². The Morgan fingerprint density at radius 2 is 2.03 bits per heavy atom. The predicted octanol–water partition coefficient (Wildman–Crippen LogP) is 2.89. The molecule has 164 valence electrons. The van der Waals surface area contributed by atoms with Gasteiger partial charge in [0.2, 0.25) is 17.6 Å². The first kappa shape index (κ1) is 21.6. The molecule has 0 aromatic heterocycles. The first-order valence-electron chi connectivity index (χ1n) is 9.94. The Bertz CT molecular complexity index is 1080. The van der Waals surface area contributed by atoms with E-state index in [4.69, 9.17) is 19.5 Å². The fourth-order valence-electron chi connectivity index (χ4n) is 3.38. The number of hydrogen-bond donors (Lipinski definition) is 1. The van der Waals surface area contributed by atoms with Gasteiger partial charge < -0.3 is 24.4 Å². The van der Waals surface area contributed by atoms with Crippen LogP contribution in [-0.2, 0) is 9.59 Å². The summed E-state index contributed by atoms with van der Waals surface area (Å²) >= 11 is 1.52. The Balaban J connectivity index is 1.44. The van der Waals surface area contributed by atoms with Crippen LogP contribution < -0.4 is 19.5 Å². The lowest BCUT2D eigenvalue weighted by molar-refractivity contribution is -0.132. The third-order valence-corrected chi connectivity index (χ3v) is 6.03. The third kappa shape index (κ3) is 4.65. The molecule has 2 heterocycles. The molecule has 1 N–H and O–H groups in total. The van der Waals surface area contributed by atoms with E-state index in [9.17, 15) is 9.59 Å². The van der Waals surface area contributed by atoms with Crippen molar-refractivity contribution >= 4 is 35.3 Å². The largest absolute Gasteiger partial charge is 0.493 e. The van der Waals surface area contributed by atoms with E-state index >= 15 is 0 Å². The van der Waals surface area contributed by atoms with Crippen molar-refractivity contribution in [3.8, 4) is 23.3 Å². The van der Waals surface area contributed by atoms with Crippen LogP contribution in [0.3, 0.4) is 0 Å². The highest BCUT2D eigenvalue weighted by molar-refractivity contribution is 7.99. The molecule has 2 aromatic carbocycles. The molecule has 8 nitrogen and oxygen atoms in total. The molecule has 1 atom stereocenters. The van der Waals surface area contributed by atoms with Gasteiger partial charge in [-0.3, -0.25) is 9.59 Å². The Morgan fingerprint density at radius 3 is 2.78 bits per heavy atom. The summed E-state index contributed by atoms with van der Waals surface area (Å²) in [4.78, 5) is 27.1. The second kappa shape index (κ2) is 9.66. The molecule has 1 fully saturated rings. The molecule has 2 aliphatic rings. The molecule has 1 unspecified atom stereocenters. The molecule has 2 aromatic rings. The zero-order valence-electron chi connectivity index (χ0n) is 17.4. The summed E-state index contributed by atoms with van der Waals surface area (Å²) in [5.41, 5.74) is 1.82. The number of nitrogens with zero attached hydrogens (tertiary/aromatic N) is 2. The Hall–Kier alpha value is -3.64. The van der Waals surface area contributed by atoms with Gasteiger partial charge in [0.25, 0.3) is 0 Å². The number of rotatable bonds is 5. The molecular weight excluding hydrogens is 430 g/mol. The number of nitriles is 1. The maximum Gasteiger partial charge on any atom is 0.248 e. The van der Waals surface area contributed by atoms with Crippen LogP contribution in [0.15, 0.2) is 42.5 Å². The summed E-state index contributed by atoms with van der Waals surface area (Å²) in [6.07, 6.45) is 3.11. The maximum absolute atomic E-state index is 12.8. The molecule has 32 heavy (non-hydrogen) atoms. The summed E-state index contributed by atoms with van der Waals surface area (Å²) < 4.78 is 16.6. The van der Waals surface area contributed by atoms with Crippen molar-refractivity contribution < 1.29 is 23.8 Å². The smallest absolute Gasteiger partial charge is 0.248 e. The lowest BCUT2D eigenvalue weighted by atomic mass is 10.1. The van der Waals surface area contributed by atoms with Crippen LogP contribution in [0, 0.1) is 11.3 Å². The van der Waals surface area contributed by atoms with Gasteiger partial charge in [-0.05, 0) is 48.0 Å². The number of thioether (sulfide) groups is 1. The number of fused-ring (bicyclic) bond motifs is 1. The number of hydrogen-bond acceptors (Lipinski definition) is 7. The number of carbonyl (C=O) groups is 2. The quantitative estimate of drug-likeness (QED) is 0.698. The van der Waals surface area contributed by atoms with E-state index in [2.05, 4.69) is 5.32 Å². The monoisotopic (exact) mass is 451 g/mol. The molecule has 0 bridgehead atoms. The molecule has 1 saturated heterocycles. The van der Waals surface area contributed by atoms with Crippen molar-refractivity contribution in [1.29, 1.82) is 5.26 Å². The Kier molecular flexibility index (Phi) is 6.52. The van der Waals surface area contributed by atoms with E-state index < -0.39 is 6.04 Å². The number of benzene rings is 2. The highest BCUT2D eigenvalue weighted by Gasteiger charge is 2.33. The Labute approximate surface area is 189 Å². The molecule has 4 rings (SSSR count). The lowest BCUT2D eigenvalue weighted by Gasteiger charge is -2.22. The summed E-state index contributed by atoms with van der Waals surface area (Å²) in [6.45, 7) is 0.902. The number of nitrogens with one attached hydrogen (secondary N) is 1. The van der Waals surface area contributed by atoms with Gasteiger partial charge in [0.15, 0.2) is 11.5 Å². The van der Waals surface area contributed by atoms with Crippen molar-refractivity contribution in [2.75, 3.05) is 37.3 Å². The van der Waals surface area contributed by atoms with Crippen LogP contribution in [-0.4, -0.2) is 54.7 Å². The van der Waals surface area contributed by atoms with Crippen molar-refractivity contribution in [2.24, 2.45) is 0 Å². The van der Waals surface area contributed by atoms with Crippen molar-refractivity contribution in [3.63, 3.8) is 0 Å². The van der Waals surface area contributed by atoms with Gasteiger partial charge in [0.1, 0.15) is 19.3 Å². The van der Waals surface area contributed by atoms with E-state index in [0.717, 1.165) is 5.56 Å². The average Bonchev–Trinajstić information content (AvgIpc) is 3.33. The van der Waals surface area contributed by atoms with Crippen molar-refractivity contribution in [3.05, 3.63) is 53.6 Å². The van der Waals surface area contributed by atoms with E-state index in [0.29, 0.717) is 53.3 Å². The van der Waals surface area contributed by atoms with E-state index in [-0.39, 0.29) is 11.8 Å². The van der Waals surface area contributed by atoms with Gasteiger partial charge in [0, 0.05) is 17.5 Å². The van der Waals surface area contributed by atoms with Crippen LogP contribution in [0.25, 0.3) is 6.08 Å². The minimum atomic E-state index is -0.581. The standard InChI is InChI=1S/C23H21N3O5S/c1-29-19-10-16(11-20-22(19)31-9-8-30-20)4-7-21(27)26-14-32-13-18(26)23(28)25-17-5-2-15(12-24)3-6-17/h2-7,10-11,18H,8-9,13-14H2,1H3,(H,25,28)/b7-4+. The number of ether oxygens (including phenoxy) is 3. The maximum atomic E-state index is 12.8. The zero-order valence-corrected chi connectivity index (χ0v) is 18.2. The summed E-state index contributed by atoms with van der Waals surface area (Å²) in [7, 11) is 1.55. The molecule has 0 aliphatic carbocycles. The van der Waals surface area contributed by atoms with Gasteiger partial charge in [-0.1, -0.05) is 0 Å². The fraction of sp³-hybridized carbons (Fsp3) is 0.261. The van der Waals surface area contributed by atoms with Crippen molar-refractivity contribution in [2.45, 2.75) is 6.04 Å². The van der Waals surface area contributed by atoms with Gasteiger partial charge in [-0.2, -0.15) is 5.26 Å². The predicted molar refractivity (Wildman–Crippen MR) is 121 cm³/mol. The molecule has 2 amide bonds. The summed E-state index contributed by atoms with van der Waals surface area (Å²) in [6, 6.07) is 11.6. The molecular formula is C23H21N3O5S. The van der Waals surface area contributed by atoms with Crippen LogP contribution in [0.5, 0.6) is 17.2 Å². The lowest BCUT2D eigenvalue weighted by Crippen LogP contribution is -2.43. The van der Waals surface area contributed by atoms with Crippen LogP contribution in [0.4, 0.5) is 5.69 Å². The first-order valence-corrected chi connectivity index (χ1v) is 11.1. The highest BCUT2D eigenvalue weighted by atomic mass is 32.2. The number of carbonyl (C=O) groups excluding carboxylic acids is 2. The molecule has 0 radical (unpaired) electrons. The van der Waals surface area contributed by atoms with Gasteiger partial charge >= 0.3 is 0 Å². The SMILES string of the molecule is COc1cc(/C=C/C(=O)N2CSCC2C(=O)Nc2ccc(C#N)cc2)cc2c1OCCO2. The minimum absolute atomic E-state index is 0.260. The molecule has 0 spiro atoms. The Morgan fingerprint density at radius 1 is 1.25 bits per heavy atom. The topological polar surface area (TPSA) is 101 Å². The third-order valence-electron chi connectivity index (χ3n) is 5.02. The average molecular weight is 452 g/mol. The summed E-state index contributed by atoms with van der Waals surface area (Å²) in [5.74, 6) is 2.08. The van der Waals surface area contributed by atoms with Crippen LogP contribution in [0.2, 0.25) is 0 Å². The highest BCUT2D eigenvalue weighted by Crippen LogP contribution is 2.40. The number of anilines is 1. The van der Waals surface area contributed by atoms with E-state index in [1.54, 1.807) is 49.6 Å². The normalized spacial score (nSPS) is 17.1. The molecule has 0 saturated carbocycles. The van der Waals surface area contributed by atoms with Gasteiger partial charge in [-0.15, -0.1) is 11.8 Å². The van der Waals surface area contributed by atoms with Crippen LogP contribution >= 0.6 is 11.8 Å². The zero-order chi connectivity index (χ0) is 22.5. The van der Waals surface area contributed by atoms with Crippen LogP contribution in [0.1, 0.15) is 11.1 Å². The number of amides is 2. The first-order chi connectivity index (χ1) is 15.6. The van der Waals surface area contributed by atoms with Gasteiger partial charge in [-0.25, -0.2) is 0 Å². The summed E-state index contributed by atoms with van der Waals surface area (Å²) in [5, 5.41) is 11.7. The minimum Gasteiger partial charge on any atom is -0.493 e. The van der Waals surface area contributed by atoms with Crippen molar-refractivity contribution in [1.82, 2.24) is 4.90 Å². The number of methoxy groups -OCH3 is 1. The second-order valence-corrected chi connectivity index (χ2v) is 8.08. The second-order valence-electron chi connectivity index (χ2n) is 7.08. The fourth-order valence-corrected chi connectivity index (χ4v) is 4.55. The van der Waals surface area contributed by atoms with E-state index in [1.807, 2.05) is 6.07 Å². The molecule has 2 aliphatic heterocycles. The van der Waals surface area contributed by atoms with Gasteiger partial charge in [0.05, 0.1) is 24.6 Å².